The minimum atomic E-state index is -0.425. The van der Waals surface area contributed by atoms with Crippen LogP contribution < -0.4 is 0 Å². The zero-order chi connectivity index (χ0) is 13.4. The Balaban J connectivity index is 2.18. The van der Waals surface area contributed by atoms with E-state index in [0.29, 0.717) is 10.5 Å². The molecule has 1 saturated heterocycles. The standard InChI is InChI=1S/C15H23IO2/c1-5-6-7-12-9-17-15(18-12)10-14(3,4)8-11(2)13(15)16/h6-8,12-13H,5,9-10H2,1-4H3. The van der Waals surface area contributed by atoms with Gasteiger partial charge in [-0.2, -0.15) is 0 Å². The third-order valence-electron chi connectivity index (χ3n) is 3.54. The molecule has 1 fully saturated rings. The van der Waals surface area contributed by atoms with Gasteiger partial charge in [0.2, 0.25) is 0 Å². The Morgan fingerprint density at radius 3 is 2.89 bits per heavy atom. The molecule has 3 atom stereocenters. The molecule has 0 saturated carbocycles. The van der Waals surface area contributed by atoms with Crippen molar-refractivity contribution in [2.24, 2.45) is 5.41 Å². The maximum atomic E-state index is 6.25. The third-order valence-corrected chi connectivity index (χ3v) is 5.47. The number of allylic oxidation sites excluding steroid dienone is 2. The van der Waals surface area contributed by atoms with E-state index in [2.05, 4.69) is 68.5 Å². The lowest BCUT2D eigenvalue weighted by molar-refractivity contribution is -0.176. The minimum absolute atomic E-state index is 0.115. The second kappa shape index (κ2) is 5.25. The van der Waals surface area contributed by atoms with Gasteiger partial charge in [0.1, 0.15) is 6.10 Å². The Labute approximate surface area is 124 Å². The highest BCUT2D eigenvalue weighted by atomic mass is 127. The summed E-state index contributed by atoms with van der Waals surface area (Å²) in [7, 11) is 0. The maximum absolute atomic E-state index is 6.25. The SMILES string of the molecule is CCC=CC1COC2(CC(C)(C)C=C(C)C2I)O1. The average molecular weight is 362 g/mol. The molecule has 0 bridgehead atoms. The van der Waals surface area contributed by atoms with Crippen LogP contribution in [0.25, 0.3) is 0 Å². The van der Waals surface area contributed by atoms with Crippen LogP contribution in [0.4, 0.5) is 0 Å². The van der Waals surface area contributed by atoms with E-state index < -0.39 is 5.79 Å². The molecule has 2 aliphatic rings. The van der Waals surface area contributed by atoms with E-state index in [1.54, 1.807) is 0 Å². The minimum Gasteiger partial charge on any atom is -0.345 e. The molecule has 1 aliphatic carbocycles. The molecule has 1 spiro atoms. The van der Waals surface area contributed by atoms with Crippen LogP contribution in [0.1, 0.15) is 40.5 Å². The van der Waals surface area contributed by atoms with Gasteiger partial charge in [0, 0.05) is 6.42 Å². The molecule has 0 amide bonds. The Hall–Kier alpha value is 0.130. The molecule has 2 nitrogen and oxygen atoms in total. The monoisotopic (exact) mass is 362 g/mol. The van der Waals surface area contributed by atoms with Crippen LogP contribution in [0.2, 0.25) is 0 Å². The van der Waals surface area contributed by atoms with Crippen molar-refractivity contribution in [3.63, 3.8) is 0 Å². The lowest BCUT2D eigenvalue weighted by Gasteiger charge is -2.43. The fraction of sp³-hybridized carbons (Fsp3) is 0.733. The number of rotatable bonds is 2. The normalized spacial score (nSPS) is 39.5. The Morgan fingerprint density at radius 2 is 2.22 bits per heavy atom. The summed E-state index contributed by atoms with van der Waals surface area (Å²) in [4.78, 5) is 0. The first-order valence-electron chi connectivity index (χ1n) is 6.70. The van der Waals surface area contributed by atoms with Crippen LogP contribution in [0.15, 0.2) is 23.8 Å². The van der Waals surface area contributed by atoms with Gasteiger partial charge in [-0.15, -0.1) is 0 Å². The second-order valence-electron chi connectivity index (χ2n) is 6.03. The fourth-order valence-electron chi connectivity index (χ4n) is 2.97. The van der Waals surface area contributed by atoms with E-state index in [1.807, 2.05) is 0 Å². The van der Waals surface area contributed by atoms with Gasteiger partial charge in [-0.1, -0.05) is 67.2 Å². The van der Waals surface area contributed by atoms with Gasteiger partial charge >= 0.3 is 0 Å². The zero-order valence-corrected chi connectivity index (χ0v) is 13.9. The van der Waals surface area contributed by atoms with Crippen molar-refractivity contribution in [2.45, 2.75) is 56.4 Å². The second-order valence-corrected chi connectivity index (χ2v) is 7.28. The van der Waals surface area contributed by atoms with E-state index in [0.717, 1.165) is 12.8 Å². The Kier molecular flexibility index (Phi) is 4.24. The largest absolute Gasteiger partial charge is 0.345 e. The highest BCUT2D eigenvalue weighted by Gasteiger charge is 2.52. The van der Waals surface area contributed by atoms with E-state index in [4.69, 9.17) is 9.47 Å². The first-order valence-corrected chi connectivity index (χ1v) is 7.95. The summed E-state index contributed by atoms with van der Waals surface area (Å²) in [5, 5.41) is 0. The predicted molar refractivity (Wildman–Crippen MR) is 83.0 cm³/mol. The summed E-state index contributed by atoms with van der Waals surface area (Å²) in [6, 6.07) is 0. The zero-order valence-electron chi connectivity index (χ0n) is 11.7. The van der Waals surface area contributed by atoms with Crippen LogP contribution in [0.5, 0.6) is 0 Å². The van der Waals surface area contributed by atoms with E-state index in [1.165, 1.54) is 5.57 Å². The summed E-state index contributed by atoms with van der Waals surface area (Å²) in [5.41, 5.74) is 1.52. The van der Waals surface area contributed by atoms with Gasteiger partial charge in [-0.05, 0) is 18.8 Å². The van der Waals surface area contributed by atoms with E-state index in [9.17, 15) is 0 Å². The Morgan fingerprint density at radius 1 is 1.50 bits per heavy atom. The molecule has 0 aromatic heterocycles. The fourth-order valence-corrected chi connectivity index (χ4v) is 3.69. The summed E-state index contributed by atoms with van der Waals surface area (Å²) in [6.45, 7) is 9.51. The Bertz CT molecular complexity index is 373. The van der Waals surface area contributed by atoms with E-state index >= 15 is 0 Å². The third kappa shape index (κ3) is 2.83. The van der Waals surface area contributed by atoms with Gasteiger partial charge in [0.05, 0.1) is 10.5 Å². The summed E-state index contributed by atoms with van der Waals surface area (Å²) >= 11 is 2.46. The number of halogens is 1. The van der Waals surface area contributed by atoms with Crippen LogP contribution >= 0.6 is 22.6 Å². The average Bonchev–Trinajstić information content (AvgIpc) is 2.66. The molecule has 0 radical (unpaired) electrons. The molecule has 102 valence electrons. The number of hydrogen-bond acceptors (Lipinski definition) is 2. The molecule has 3 unspecified atom stereocenters. The molecule has 2 rings (SSSR count). The lowest BCUT2D eigenvalue weighted by atomic mass is 9.76. The van der Waals surface area contributed by atoms with Crippen molar-refractivity contribution in [2.75, 3.05) is 6.61 Å². The van der Waals surface area contributed by atoms with E-state index in [-0.39, 0.29) is 11.5 Å². The van der Waals surface area contributed by atoms with Crippen LogP contribution in [0.3, 0.4) is 0 Å². The molecular formula is C15H23IO2. The van der Waals surface area contributed by atoms with Crippen LogP contribution in [0, 0.1) is 5.41 Å². The van der Waals surface area contributed by atoms with Gasteiger partial charge < -0.3 is 9.47 Å². The van der Waals surface area contributed by atoms with Gasteiger partial charge in [0.15, 0.2) is 5.79 Å². The topological polar surface area (TPSA) is 18.5 Å². The summed E-state index contributed by atoms with van der Waals surface area (Å²) in [5.74, 6) is -0.425. The molecule has 1 aliphatic heterocycles. The number of hydrogen-bond donors (Lipinski definition) is 0. The van der Waals surface area contributed by atoms with Gasteiger partial charge in [-0.3, -0.25) is 0 Å². The molecule has 18 heavy (non-hydrogen) atoms. The highest BCUT2D eigenvalue weighted by molar-refractivity contribution is 14.1. The molecule has 0 aromatic carbocycles. The summed E-state index contributed by atoms with van der Waals surface area (Å²) in [6.07, 6.45) is 8.75. The first kappa shape index (κ1) is 14.5. The molecule has 0 N–H and O–H groups in total. The van der Waals surface area contributed by atoms with Crippen molar-refractivity contribution < 1.29 is 9.47 Å². The van der Waals surface area contributed by atoms with Gasteiger partial charge in [-0.25, -0.2) is 0 Å². The van der Waals surface area contributed by atoms with Crippen molar-refractivity contribution in [3.8, 4) is 0 Å². The maximum Gasteiger partial charge on any atom is 0.185 e. The highest BCUT2D eigenvalue weighted by Crippen LogP contribution is 2.48. The summed E-state index contributed by atoms with van der Waals surface area (Å²) < 4.78 is 12.6. The quantitative estimate of drug-likeness (QED) is 0.416. The van der Waals surface area contributed by atoms with Crippen molar-refractivity contribution in [1.82, 2.24) is 0 Å². The number of alkyl halides is 1. The van der Waals surface area contributed by atoms with Crippen molar-refractivity contribution in [1.29, 1.82) is 0 Å². The lowest BCUT2D eigenvalue weighted by Crippen LogP contribution is -2.47. The molecule has 3 heteroatoms. The van der Waals surface area contributed by atoms with Crippen LogP contribution in [-0.4, -0.2) is 22.4 Å². The number of ether oxygens (including phenoxy) is 2. The smallest absolute Gasteiger partial charge is 0.185 e. The molecule has 1 heterocycles. The van der Waals surface area contributed by atoms with Crippen molar-refractivity contribution in [3.05, 3.63) is 23.8 Å². The molecular weight excluding hydrogens is 339 g/mol. The molecule has 0 aromatic rings. The van der Waals surface area contributed by atoms with Crippen molar-refractivity contribution >= 4 is 22.6 Å². The van der Waals surface area contributed by atoms with Gasteiger partial charge in [0.25, 0.3) is 0 Å². The first-order chi connectivity index (χ1) is 8.38. The van der Waals surface area contributed by atoms with Crippen LogP contribution in [-0.2, 0) is 9.47 Å². The predicted octanol–water partition coefficient (Wildman–Crippen LogP) is 4.24.